The number of ether oxygens (including phenoxy) is 1. The fourth-order valence-electron chi connectivity index (χ4n) is 5.29. The van der Waals surface area contributed by atoms with Crippen LogP contribution in [0.5, 0.6) is 0 Å². The molecule has 0 amide bonds. The average Bonchev–Trinajstić information content (AvgIpc) is 3.01. The molecule has 0 aliphatic carbocycles. The fourth-order valence-corrected chi connectivity index (χ4v) is 6.71. The molecule has 9 heteroatoms. The highest BCUT2D eigenvalue weighted by molar-refractivity contribution is 7.99. The largest absolute Gasteiger partial charge is 0.481 e. The summed E-state index contributed by atoms with van der Waals surface area (Å²) in [4.78, 5) is 50.7. The summed E-state index contributed by atoms with van der Waals surface area (Å²) in [6.45, 7) is 3.65. The van der Waals surface area contributed by atoms with E-state index in [9.17, 15) is 24.3 Å². The molecule has 0 saturated carbocycles. The van der Waals surface area contributed by atoms with E-state index >= 15 is 0 Å². The van der Waals surface area contributed by atoms with E-state index in [0.717, 1.165) is 0 Å². The van der Waals surface area contributed by atoms with Crippen molar-refractivity contribution in [2.24, 2.45) is 0 Å². The molecule has 4 aromatic carbocycles. The molecule has 0 saturated heterocycles. The molecule has 6 aromatic rings. The van der Waals surface area contributed by atoms with Crippen molar-refractivity contribution in [1.29, 1.82) is 0 Å². The fraction of sp³-hybridized carbons (Fsp3) is 0.176. The Kier molecular flexibility index (Phi) is 7.06. The molecule has 1 N–H and O–H groups in total. The molecule has 43 heavy (non-hydrogen) atoms. The van der Waals surface area contributed by atoms with Gasteiger partial charge < -0.3 is 18.7 Å². The zero-order valence-corrected chi connectivity index (χ0v) is 24.1. The molecule has 2 unspecified atom stereocenters. The lowest BCUT2D eigenvalue weighted by atomic mass is 9.84. The first-order chi connectivity index (χ1) is 20.6. The predicted octanol–water partition coefficient (Wildman–Crippen LogP) is 6.37. The molecular weight excluding hydrogens is 568 g/mol. The number of thioether (sulfide) groups is 1. The highest BCUT2D eigenvalue weighted by Gasteiger charge is 2.38. The smallest absolute Gasteiger partial charge is 0.314 e. The number of hydrogen-bond donors (Lipinski definition) is 1. The van der Waals surface area contributed by atoms with Crippen LogP contribution in [0, 0.1) is 0 Å². The standard InChI is InChI=1S/C34H26O8S/c1-33(32(38)39,20-11-13-28-24(15-20)30(36)22-7-3-5-9-26(22)41-28)17-43-18-34(2,40-19-35)21-12-14-29-25(16-21)31(37)23-8-4-6-10-27(23)42-29/h3-16,19H,17-18H2,1-2H3,(H,38,39). The second-order valence-electron chi connectivity index (χ2n) is 10.9. The summed E-state index contributed by atoms with van der Waals surface area (Å²) in [6.07, 6.45) is 0. The Morgan fingerprint density at radius 1 is 0.744 bits per heavy atom. The van der Waals surface area contributed by atoms with E-state index in [2.05, 4.69) is 0 Å². The Bertz CT molecular complexity index is 2180. The van der Waals surface area contributed by atoms with Crippen LogP contribution in [0.1, 0.15) is 25.0 Å². The van der Waals surface area contributed by atoms with Gasteiger partial charge in [-0.05, 0) is 73.5 Å². The van der Waals surface area contributed by atoms with E-state index in [0.29, 0.717) is 61.5 Å². The van der Waals surface area contributed by atoms with Crippen LogP contribution in [0.4, 0.5) is 0 Å². The average molecular weight is 595 g/mol. The molecule has 0 radical (unpaired) electrons. The zero-order valence-electron chi connectivity index (χ0n) is 23.3. The van der Waals surface area contributed by atoms with Crippen LogP contribution in [-0.2, 0) is 25.3 Å². The second-order valence-corrected chi connectivity index (χ2v) is 11.8. The molecular formula is C34H26O8S. The van der Waals surface area contributed by atoms with Gasteiger partial charge in [0.1, 0.15) is 27.9 Å². The molecule has 0 bridgehead atoms. The Hall–Kier alpha value is -4.89. The molecule has 8 nitrogen and oxygen atoms in total. The molecule has 0 fully saturated rings. The van der Waals surface area contributed by atoms with Crippen LogP contribution in [0.15, 0.2) is 103 Å². The minimum Gasteiger partial charge on any atom is -0.481 e. The van der Waals surface area contributed by atoms with Gasteiger partial charge in [0.2, 0.25) is 10.9 Å². The summed E-state index contributed by atoms with van der Waals surface area (Å²) < 4.78 is 17.3. The summed E-state index contributed by atoms with van der Waals surface area (Å²) in [5, 5.41) is 11.8. The van der Waals surface area contributed by atoms with Gasteiger partial charge in [-0.1, -0.05) is 36.4 Å². The van der Waals surface area contributed by atoms with Crippen LogP contribution < -0.4 is 10.9 Å². The number of benzene rings is 4. The normalized spacial score (nSPS) is 14.5. The van der Waals surface area contributed by atoms with Crippen molar-refractivity contribution in [2.45, 2.75) is 24.9 Å². The third kappa shape index (κ3) is 4.85. The number of aliphatic carboxylic acids is 1. The van der Waals surface area contributed by atoms with E-state index in [1.54, 1.807) is 98.8 Å². The van der Waals surface area contributed by atoms with Crippen molar-refractivity contribution in [2.75, 3.05) is 11.5 Å². The van der Waals surface area contributed by atoms with Crippen molar-refractivity contribution < 1.29 is 28.3 Å². The quantitative estimate of drug-likeness (QED) is 0.150. The highest BCUT2D eigenvalue weighted by Crippen LogP contribution is 2.36. The number of carboxylic acid groups (broad SMARTS) is 1. The monoisotopic (exact) mass is 594 g/mol. The molecule has 0 spiro atoms. The number of para-hydroxylation sites is 2. The maximum Gasteiger partial charge on any atom is 0.314 e. The minimum atomic E-state index is -1.39. The number of carbonyl (C=O) groups excluding carboxylic acids is 1. The van der Waals surface area contributed by atoms with Gasteiger partial charge in [-0.15, -0.1) is 0 Å². The first kappa shape index (κ1) is 28.2. The van der Waals surface area contributed by atoms with Crippen LogP contribution >= 0.6 is 11.8 Å². The lowest BCUT2D eigenvalue weighted by molar-refractivity contribution is -0.143. The van der Waals surface area contributed by atoms with Crippen molar-refractivity contribution >= 4 is 68.1 Å². The van der Waals surface area contributed by atoms with E-state index < -0.39 is 17.0 Å². The van der Waals surface area contributed by atoms with Gasteiger partial charge in [0.25, 0.3) is 6.47 Å². The van der Waals surface area contributed by atoms with Crippen LogP contribution in [0.25, 0.3) is 43.9 Å². The van der Waals surface area contributed by atoms with Crippen LogP contribution in [-0.4, -0.2) is 29.1 Å². The second kappa shape index (κ2) is 10.7. The summed E-state index contributed by atoms with van der Waals surface area (Å²) in [7, 11) is 0. The van der Waals surface area contributed by atoms with Gasteiger partial charge in [0, 0.05) is 11.5 Å². The first-order valence-electron chi connectivity index (χ1n) is 13.5. The van der Waals surface area contributed by atoms with Gasteiger partial charge in [0.05, 0.1) is 27.0 Å². The van der Waals surface area contributed by atoms with Crippen molar-refractivity contribution in [3.63, 3.8) is 0 Å². The van der Waals surface area contributed by atoms with Crippen molar-refractivity contribution in [1.82, 2.24) is 0 Å². The molecule has 0 aliphatic heterocycles. The zero-order chi connectivity index (χ0) is 30.4. The van der Waals surface area contributed by atoms with Gasteiger partial charge in [0.15, 0.2) is 0 Å². The predicted molar refractivity (Wildman–Crippen MR) is 167 cm³/mol. The Labute approximate surface area is 248 Å². The molecule has 2 atom stereocenters. The summed E-state index contributed by atoms with van der Waals surface area (Å²) >= 11 is 1.28. The lowest BCUT2D eigenvalue weighted by Gasteiger charge is -2.31. The number of rotatable bonds is 9. The van der Waals surface area contributed by atoms with Gasteiger partial charge in [-0.3, -0.25) is 19.2 Å². The summed E-state index contributed by atoms with van der Waals surface area (Å²) in [5.74, 6) is -0.776. The molecule has 6 rings (SSSR count). The topological polar surface area (TPSA) is 124 Å². The molecule has 2 aromatic heterocycles. The van der Waals surface area contributed by atoms with E-state index in [4.69, 9.17) is 13.6 Å². The third-order valence-electron chi connectivity index (χ3n) is 7.95. The van der Waals surface area contributed by atoms with Gasteiger partial charge in [-0.2, -0.15) is 11.8 Å². The number of carbonyl (C=O) groups is 2. The van der Waals surface area contributed by atoms with Crippen LogP contribution in [0.2, 0.25) is 0 Å². The Morgan fingerprint density at radius 2 is 1.23 bits per heavy atom. The summed E-state index contributed by atoms with van der Waals surface area (Å²) in [6, 6.07) is 23.8. The summed E-state index contributed by atoms with van der Waals surface area (Å²) in [5.41, 5.74) is -0.295. The van der Waals surface area contributed by atoms with E-state index in [1.807, 2.05) is 0 Å². The van der Waals surface area contributed by atoms with Crippen molar-refractivity contribution in [3.05, 3.63) is 117 Å². The molecule has 0 aliphatic rings. The molecule has 2 heterocycles. The lowest BCUT2D eigenvalue weighted by Crippen LogP contribution is -2.37. The molecule has 216 valence electrons. The SMILES string of the molecule is CC(CSCC(C)(C(=O)O)c1ccc2oc3ccccc3c(=O)c2c1)(OC=O)c1ccc2oc3ccccc3c(=O)c2c1. The Morgan fingerprint density at radius 3 is 1.77 bits per heavy atom. The highest BCUT2D eigenvalue weighted by atomic mass is 32.2. The maximum atomic E-state index is 13.2. The third-order valence-corrected chi connectivity index (χ3v) is 9.48. The Balaban J connectivity index is 1.32. The maximum absolute atomic E-state index is 13.2. The van der Waals surface area contributed by atoms with Crippen molar-refractivity contribution in [3.8, 4) is 0 Å². The van der Waals surface area contributed by atoms with E-state index in [-0.39, 0.29) is 22.4 Å². The van der Waals surface area contributed by atoms with Crippen LogP contribution in [0.3, 0.4) is 0 Å². The van der Waals surface area contributed by atoms with Gasteiger partial charge in [-0.25, -0.2) is 0 Å². The number of carboxylic acids is 1. The number of fused-ring (bicyclic) bond motifs is 4. The first-order valence-corrected chi connectivity index (χ1v) is 14.6. The number of hydrogen-bond acceptors (Lipinski definition) is 8. The van der Waals surface area contributed by atoms with E-state index in [1.165, 1.54) is 11.8 Å². The van der Waals surface area contributed by atoms with Gasteiger partial charge >= 0.3 is 5.97 Å². The minimum absolute atomic E-state index is 0.102.